The van der Waals surface area contributed by atoms with E-state index >= 15 is 0 Å². The molecule has 0 spiro atoms. The Bertz CT molecular complexity index is 459. The van der Waals surface area contributed by atoms with Gasteiger partial charge in [0.05, 0.1) is 0 Å². The second kappa shape index (κ2) is 12.5. The van der Waals surface area contributed by atoms with Crippen LogP contribution in [0.1, 0.15) is 29.5 Å². The van der Waals surface area contributed by atoms with Crippen LogP contribution in [-0.4, -0.2) is 0 Å². The number of hydrogen-bond acceptors (Lipinski definition) is 0. The molecule has 0 aromatic heterocycles. The van der Waals surface area contributed by atoms with Crippen LogP contribution >= 0.6 is 0 Å². The molecule has 0 nitrogen and oxygen atoms in total. The van der Waals surface area contributed by atoms with Crippen molar-refractivity contribution >= 4 is 6.08 Å². The third-order valence-corrected chi connectivity index (χ3v) is 2.75. The summed E-state index contributed by atoms with van der Waals surface area (Å²) in [7, 11) is 0. The molecule has 3 heteroatoms. The van der Waals surface area contributed by atoms with Gasteiger partial charge in [0.25, 0.3) is 0 Å². The summed E-state index contributed by atoms with van der Waals surface area (Å²) in [6.45, 7) is 4.30. The minimum atomic E-state index is 0. The van der Waals surface area contributed by atoms with E-state index < -0.39 is 0 Å². The number of fused-ring (bicyclic) bond motifs is 1. The average Bonchev–Trinajstić information content (AvgIpc) is 2.92. The maximum atomic E-state index is 3.29. The van der Waals surface area contributed by atoms with Gasteiger partial charge in [0.2, 0.25) is 0 Å². The summed E-state index contributed by atoms with van der Waals surface area (Å²) in [4.78, 5) is 0. The maximum absolute atomic E-state index is 3.29. The Hall–Kier alpha value is -0.227. The Labute approximate surface area is 155 Å². The average molecular weight is 385 g/mol. The first kappa shape index (κ1) is 24.8. The zero-order valence-electron chi connectivity index (χ0n) is 12.0. The van der Waals surface area contributed by atoms with Crippen LogP contribution in [0.25, 0.3) is 6.08 Å². The zero-order valence-corrected chi connectivity index (χ0v) is 16.0. The van der Waals surface area contributed by atoms with E-state index in [1.54, 1.807) is 0 Å². The summed E-state index contributed by atoms with van der Waals surface area (Å²) in [5.74, 6) is 0.491. The molecule has 3 rings (SSSR count). The minimum absolute atomic E-state index is 0. The molecule has 0 N–H and O–H groups in total. The van der Waals surface area contributed by atoms with Gasteiger partial charge >= 0.3 is 26.2 Å². The summed E-state index contributed by atoms with van der Waals surface area (Å²) >= 11 is 0. The van der Waals surface area contributed by atoms with E-state index in [-0.39, 0.29) is 58.4 Å². The van der Waals surface area contributed by atoms with Gasteiger partial charge in [-0.25, -0.2) is 18.2 Å². The van der Waals surface area contributed by atoms with Gasteiger partial charge in [-0.15, -0.1) is 11.6 Å². The quantitative estimate of drug-likeness (QED) is 0.500. The van der Waals surface area contributed by atoms with Crippen LogP contribution in [0.4, 0.5) is 0 Å². The van der Waals surface area contributed by atoms with E-state index in [2.05, 4.69) is 44.2 Å². The number of allylic oxidation sites excluding steroid dienone is 1. The molecule has 0 radical (unpaired) electrons. The standard InChI is InChI=1S/C11H11.C5H5.CH3.2ClH.Zr/c1-8-3-6-11-9(2)4-5-10(11)7-8;1-2-4-5-3-1;;;;/h3,5-7,9H,1-2H3;1-5H;1H3;2*1H;/q3*-1;;;+2/p-2. The predicted molar refractivity (Wildman–Crippen MR) is 75.8 cm³/mol. The van der Waals surface area contributed by atoms with Crippen molar-refractivity contribution in [3.63, 3.8) is 0 Å². The third-order valence-electron chi connectivity index (χ3n) is 2.75. The Morgan fingerprint density at radius 3 is 2.20 bits per heavy atom. The molecule has 0 heterocycles. The Balaban J connectivity index is -0.000000283. The third kappa shape index (κ3) is 6.98. The van der Waals surface area contributed by atoms with Gasteiger partial charge in [-0.2, -0.15) is 23.8 Å². The molecule has 2 aromatic rings. The second-order valence-electron chi connectivity index (χ2n) is 4.13. The summed E-state index contributed by atoms with van der Waals surface area (Å²) in [6, 6.07) is 16.6. The first-order chi connectivity index (χ1) is 7.77. The first-order valence-electron chi connectivity index (χ1n) is 5.64. The molecule has 1 unspecified atom stereocenters. The van der Waals surface area contributed by atoms with E-state index in [9.17, 15) is 0 Å². The smallest absolute Gasteiger partial charge is 1.00 e. The molecule has 1 atom stereocenters. The molecule has 1 aliphatic carbocycles. The van der Waals surface area contributed by atoms with Gasteiger partial charge in [-0.05, 0) is 6.92 Å². The Morgan fingerprint density at radius 1 is 1.10 bits per heavy atom. The predicted octanol–water partition coefficient (Wildman–Crippen LogP) is -1.21. The van der Waals surface area contributed by atoms with Crippen LogP contribution in [0, 0.1) is 20.4 Å². The summed E-state index contributed by atoms with van der Waals surface area (Å²) in [5.41, 5.74) is 4.09. The molecule has 0 saturated heterocycles. The fourth-order valence-electron chi connectivity index (χ4n) is 1.84. The van der Waals surface area contributed by atoms with E-state index in [0.29, 0.717) is 5.92 Å². The zero-order chi connectivity index (χ0) is 11.4. The molecule has 20 heavy (non-hydrogen) atoms. The normalized spacial score (nSPS) is 13.2. The molecule has 1 aliphatic rings. The number of benzene rings is 1. The molecule has 0 fully saturated rings. The van der Waals surface area contributed by atoms with Gasteiger partial charge < -0.3 is 32.2 Å². The monoisotopic (exact) mass is 383 g/mol. The van der Waals surface area contributed by atoms with Gasteiger partial charge in [-0.3, -0.25) is 6.08 Å². The van der Waals surface area contributed by atoms with Crippen molar-refractivity contribution in [3.05, 3.63) is 78.7 Å². The summed E-state index contributed by atoms with van der Waals surface area (Å²) < 4.78 is 0. The van der Waals surface area contributed by atoms with E-state index in [4.69, 9.17) is 0 Å². The van der Waals surface area contributed by atoms with Crippen molar-refractivity contribution in [1.82, 2.24) is 0 Å². The summed E-state index contributed by atoms with van der Waals surface area (Å²) in [6.07, 6.45) is 5.38. The molecule has 0 amide bonds. The van der Waals surface area contributed by atoms with E-state index in [1.807, 2.05) is 30.3 Å². The van der Waals surface area contributed by atoms with Crippen molar-refractivity contribution in [2.45, 2.75) is 19.8 Å². The molecule has 108 valence electrons. The van der Waals surface area contributed by atoms with Crippen molar-refractivity contribution in [3.8, 4) is 0 Å². The van der Waals surface area contributed by atoms with Crippen molar-refractivity contribution in [2.75, 3.05) is 0 Å². The SMILES string of the molecule is Cc1ccc2c(c1)C=[C-]C2C.[CH3-].[Cl-].[Cl-].[Zr+2].c1cc[cH-]c1. The fraction of sp³-hybridized carbons (Fsp3) is 0.176. The van der Waals surface area contributed by atoms with Crippen molar-refractivity contribution in [1.29, 1.82) is 0 Å². The van der Waals surface area contributed by atoms with Gasteiger partial charge in [0.1, 0.15) is 0 Å². The van der Waals surface area contributed by atoms with Crippen LogP contribution in [0.2, 0.25) is 0 Å². The molecular weight excluding hydrogens is 366 g/mol. The van der Waals surface area contributed by atoms with Crippen LogP contribution in [0.3, 0.4) is 0 Å². The van der Waals surface area contributed by atoms with Crippen LogP contribution in [-0.2, 0) is 26.2 Å². The fourth-order valence-corrected chi connectivity index (χ4v) is 1.84. The maximum Gasteiger partial charge on any atom is 2.00 e. The van der Waals surface area contributed by atoms with Crippen LogP contribution in [0.15, 0.2) is 48.5 Å². The molecular formula is C17H19Cl2Zr-3. The first-order valence-corrected chi connectivity index (χ1v) is 5.64. The number of halogens is 2. The van der Waals surface area contributed by atoms with Crippen LogP contribution < -0.4 is 24.8 Å². The van der Waals surface area contributed by atoms with Crippen LogP contribution in [0.5, 0.6) is 0 Å². The Morgan fingerprint density at radius 2 is 1.70 bits per heavy atom. The van der Waals surface area contributed by atoms with Crippen molar-refractivity contribution in [2.24, 2.45) is 0 Å². The van der Waals surface area contributed by atoms with Gasteiger partial charge in [0, 0.05) is 0 Å². The molecule has 2 aromatic carbocycles. The topological polar surface area (TPSA) is 0 Å². The Kier molecular flexibility index (Phi) is 15.5. The minimum Gasteiger partial charge on any atom is -1.00 e. The second-order valence-corrected chi connectivity index (χ2v) is 4.13. The van der Waals surface area contributed by atoms with Crippen molar-refractivity contribution < 1.29 is 51.0 Å². The number of rotatable bonds is 0. The molecule has 0 bridgehead atoms. The number of hydrogen-bond donors (Lipinski definition) is 0. The largest absolute Gasteiger partial charge is 2.00 e. The van der Waals surface area contributed by atoms with E-state index in [1.165, 1.54) is 16.7 Å². The van der Waals surface area contributed by atoms with Gasteiger partial charge in [-0.1, -0.05) is 30.5 Å². The number of aryl methyl sites for hydroxylation is 1. The molecule has 0 aliphatic heterocycles. The van der Waals surface area contributed by atoms with Gasteiger partial charge in [0.15, 0.2) is 0 Å². The summed E-state index contributed by atoms with van der Waals surface area (Å²) in [5, 5.41) is 0. The molecule has 0 saturated carbocycles. The van der Waals surface area contributed by atoms with E-state index in [0.717, 1.165) is 0 Å².